The van der Waals surface area contributed by atoms with Gasteiger partial charge < -0.3 is 4.43 Å². The first-order valence-corrected chi connectivity index (χ1v) is 7.71. The molecule has 0 bridgehead atoms. The summed E-state index contributed by atoms with van der Waals surface area (Å²) in [6.07, 6.45) is 0.0749. The molecular weight excluding hydrogens is 176 g/mol. The summed E-state index contributed by atoms with van der Waals surface area (Å²) in [7, 11) is -1.61. The lowest BCUT2D eigenvalue weighted by atomic mass is 10.2. The Hall–Kier alpha value is -0.263. The Labute approximate surface area is 84.0 Å². The minimum absolute atomic E-state index is 0.0749. The van der Waals surface area contributed by atoms with Crippen LogP contribution in [0.15, 0.2) is 0 Å². The average Bonchev–Trinajstić information content (AvgIpc) is 1.83. The van der Waals surface area contributed by atoms with E-state index in [4.69, 9.17) is 4.43 Å². The molecular formula is C11H22OSi. The van der Waals surface area contributed by atoms with E-state index in [1.165, 1.54) is 0 Å². The molecule has 1 nitrogen and oxygen atoms in total. The molecule has 76 valence electrons. The zero-order valence-electron chi connectivity index (χ0n) is 9.99. The summed E-state index contributed by atoms with van der Waals surface area (Å²) in [6, 6.07) is 0. The van der Waals surface area contributed by atoms with Crippen LogP contribution in [0.4, 0.5) is 0 Å². The number of hydrogen-bond acceptors (Lipinski definition) is 1. The van der Waals surface area contributed by atoms with Crippen molar-refractivity contribution in [2.45, 2.75) is 58.9 Å². The van der Waals surface area contributed by atoms with Crippen molar-refractivity contribution in [1.29, 1.82) is 0 Å². The third kappa shape index (κ3) is 3.97. The van der Waals surface area contributed by atoms with E-state index in [9.17, 15) is 0 Å². The van der Waals surface area contributed by atoms with Gasteiger partial charge in [-0.25, -0.2) is 0 Å². The second-order valence-corrected chi connectivity index (χ2v) is 9.67. The van der Waals surface area contributed by atoms with Crippen LogP contribution in [0.2, 0.25) is 18.1 Å². The molecule has 0 aromatic heterocycles. The second-order valence-electron chi connectivity index (χ2n) is 4.91. The van der Waals surface area contributed by atoms with Gasteiger partial charge in [-0.2, -0.15) is 0 Å². The Morgan fingerprint density at radius 2 is 1.69 bits per heavy atom. The van der Waals surface area contributed by atoms with Crippen LogP contribution in [0.1, 0.15) is 34.6 Å². The fraction of sp³-hybridized carbons (Fsp3) is 0.818. The minimum atomic E-state index is -1.61. The fourth-order valence-corrected chi connectivity index (χ4v) is 2.15. The molecule has 0 aliphatic rings. The maximum absolute atomic E-state index is 6.01. The van der Waals surface area contributed by atoms with Crippen LogP contribution in [0, 0.1) is 11.8 Å². The Kier molecular flexibility index (Phi) is 4.21. The van der Waals surface area contributed by atoms with Crippen LogP contribution in [0.25, 0.3) is 0 Å². The Balaban J connectivity index is 4.39. The summed E-state index contributed by atoms with van der Waals surface area (Å²) in [4.78, 5) is 0. The van der Waals surface area contributed by atoms with E-state index in [2.05, 4.69) is 45.7 Å². The fourth-order valence-electron chi connectivity index (χ4n) is 0.851. The van der Waals surface area contributed by atoms with Gasteiger partial charge in [0.25, 0.3) is 0 Å². The maximum Gasteiger partial charge on any atom is 0.193 e. The first kappa shape index (κ1) is 12.7. The molecule has 0 aromatic rings. The summed E-state index contributed by atoms with van der Waals surface area (Å²) in [5.41, 5.74) is 0. The van der Waals surface area contributed by atoms with Crippen molar-refractivity contribution in [3.05, 3.63) is 0 Å². The van der Waals surface area contributed by atoms with Gasteiger partial charge in [-0.1, -0.05) is 26.7 Å². The van der Waals surface area contributed by atoms with Gasteiger partial charge in [-0.3, -0.25) is 0 Å². The van der Waals surface area contributed by atoms with Crippen LogP contribution in [0.5, 0.6) is 0 Å². The standard InChI is InChI=1S/C11H22OSi/c1-8-9-10(2)12-13(6,7)11(3,4)5/h10H,1-7H3. The number of rotatable bonds is 2. The summed E-state index contributed by atoms with van der Waals surface area (Å²) in [6.45, 7) is 15.1. The minimum Gasteiger partial charge on any atom is -0.404 e. The lowest BCUT2D eigenvalue weighted by Gasteiger charge is -2.37. The molecule has 0 spiro atoms. The zero-order valence-corrected chi connectivity index (χ0v) is 11.0. The van der Waals surface area contributed by atoms with Gasteiger partial charge in [0.15, 0.2) is 8.32 Å². The predicted octanol–water partition coefficient (Wildman–Crippen LogP) is 3.42. The molecule has 0 aliphatic carbocycles. The van der Waals surface area contributed by atoms with Crippen LogP contribution >= 0.6 is 0 Å². The van der Waals surface area contributed by atoms with Crippen molar-refractivity contribution >= 4 is 8.32 Å². The average molecular weight is 198 g/mol. The monoisotopic (exact) mass is 198 g/mol. The molecule has 0 saturated carbocycles. The first-order valence-electron chi connectivity index (χ1n) is 4.81. The molecule has 0 radical (unpaired) electrons. The predicted molar refractivity (Wildman–Crippen MR) is 61.2 cm³/mol. The number of hydrogen-bond donors (Lipinski definition) is 0. The van der Waals surface area contributed by atoms with Crippen molar-refractivity contribution < 1.29 is 4.43 Å². The highest BCUT2D eigenvalue weighted by Crippen LogP contribution is 2.37. The third-order valence-electron chi connectivity index (χ3n) is 2.63. The van der Waals surface area contributed by atoms with Gasteiger partial charge in [0.2, 0.25) is 0 Å². The highest BCUT2D eigenvalue weighted by Gasteiger charge is 2.38. The maximum atomic E-state index is 6.01. The second kappa shape index (κ2) is 4.30. The van der Waals surface area contributed by atoms with Crippen molar-refractivity contribution in [2.75, 3.05) is 0 Å². The van der Waals surface area contributed by atoms with E-state index in [1.54, 1.807) is 0 Å². The molecule has 2 heteroatoms. The lowest BCUT2D eigenvalue weighted by Crippen LogP contribution is -2.43. The Morgan fingerprint density at radius 3 is 2.00 bits per heavy atom. The molecule has 0 amide bonds. The smallest absolute Gasteiger partial charge is 0.193 e. The Bertz CT molecular complexity index is 214. The van der Waals surface area contributed by atoms with Gasteiger partial charge in [0.1, 0.15) is 6.10 Å². The van der Waals surface area contributed by atoms with Crippen molar-refractivity contribution in [3.8, 4) is 11.8 Å². The van der Waals surface area contributed by atoms with Crippen LogP contribution in [0.3, 0.4) is 0 Å². The van der Waals surface area contributed by atoms with Crippen LogP contribution < -0.4 is 0 Å². The topological polar surface area (TPSA) is 9.23 Å². The normalized spacial score (nSPS) is 14.7. The van der Waals surface area contributed by atoms with E-state index in [0.717, 1.165) is 0 Å². The van der Waals surface area contributed by atoms with E-state index >= 15 is 0 Å². The lowest BCUT2D eigenvalue weighted by molar-refractivity contribution is 0.251. The quantitative estimate of drug-likeness (QED) is 0.488. The SMILES string of the molecule is CC#CC(C)O[Si](C)(C)C(C)(C)C. The highest BCUT2D eigenvalue weighted by atomic mass is 28.4. The van der Waals surface area contributed by atoms with Crippen LogP contribution in [-0.2, 0) is 4.43 Å². The largest absolute Gasteiger partial charge is 0.404 e. The highest BCUT2D eigenvalue weighted by molar-refractivity contribution is 6.74. The summed E-state index contributed by atoms with van der Waals surface area (Å²) in [5.74, 6) is 5.92. The Morgan fingerprint density at radius 1 is 1.23 bits per heavy atom. The zero-order chi connectivity index (χ0) is 10.7. The summed E-state index contributed by atoms with van der Waals surface area (Å²) in [5, 5.41) is 0.274. The van der Waals surface area contributed by atoms with E-state index in [1.807, 2.05) is 13.8 Å². The van der Waals surface area contributed by atoms with Crippen molar-refractivity contribution in [3.63, 3.8) is 0 Å². The molecule has 0 saturated heterocycles. The molecule has 0 heterocycles. The van der Waals surface area contributed by atoms with Gasteiger partial charge in [0.05, 0.1) is 0 Å². The summed E-state index contributed by atoms with van der Waals surface area (Å²) >= 11 is 0. The van der Waals surface area contributed by atoms with Gasteiger partial charge in [-0.15, -0.1) is 5.92 Å². The van der Waals surface area contributed by atoms with E-state index in [-0.39, 0.29) is 11.1 Å². The first-order chi connectivity index (χ1) is 5.70. The molecule has 0 fully saturated rings. The van der Waals surface area contributed by atoms with Crippen molar-refractivity contribution in [2.24, 2.45) is 0 Å². The molecule has 13 heavy (non-hydrogen) atoms. The molecule has 1 atom stereocenters. The summed E-state index contributed by atoms with van der Waals surface area (Å²) < 4.78 is 6.01. The van der Waals surface area contributed by atoms with Gasteiger partial charge in [-0.05, 0) is 32.0 Å². The molecule has 0 aromatic carbocycles. The van der Waals surface area contributed by atoms with Gasteiger partial charge >= 0.3 is 0 Å². The van der Waals surface area contributed by atoms with E-state index < -0.39 is 8.32 Å². The molecule has 0 aliphatic heterocycles. The third-order valence-corrected chi connectivity index (χ3v) is 7.18. The van der Waals surface area contributed by atoms with Gasteiger partial charge in [0, 0.05) is 0 Å². The molecule has 1 unspecified atom stereocenters. The van der Waals surface area contributed by atoms with E-state index in [0.29, 0.717) is 0 Å². The van der Waals surface area contributed by atoms with Crippen LogP contribution in [-0.4, -0.2) is 14.4 Å². The molecule has 0 N–H and O–H groups in total. The molecule has 0 rings (SSSR count). The van der Waals surface area contributed by atoms with Crippen molar-refractivity contribution in [1.82, 2.24) is 0 Å².